The Morgan fingerprint density at radius 1 is 1.00 bits per heavy atom. The number of aromatic amines is 1. The summed E-state index contributed by atoms with van der Waals surface area (Å²) in [4.78, 5) is 22.4. The summed E-state index contributed by atoms with van der Waals surface area (Å²) in [6.45, 7) is 0. The first kappa shape index (κ1) is 12.6. The summed E-state index contributed by atoms with van der Waals surface area (Å²) < 4.78 is 24.4. The number of halogens is 1. The van der Waals surface area contributed by atoms with Gasteiger partial charge in [-0.15, -0.1) is 4.09 Å². The molecule has 0 fully saturated rings. The van der Waals surface area contributed by atoms with E-state index in [0.29, 0.717) is 9.11 Å². The molecule has 2 rings (SSSR count). The van der Waals surface area contributed by atoms with Crippen molar-refractivity contribution in [3.63, 3.8) is 0 Å². The Kier molecular flexibility index (Phi) is 3.10. The lowest BCUT2D eigenvalue weighted by molar-refractivity contribution is 0.574. The Hall–Kier alpha value is -1.86. The number of nitrogens with zero attached hydrogens (tertiary/aromatic N) is 1. The first-order valence-corrected chi connectivity index (χ1v) is 6.56. The van der Waals surface area contributed by atoms with Crippen LogP contribution in [0.4, 0.5) is 0 Å². The van der Waals surface area contributed by atoms with E-state index in [1.807, 2.05) is 5.10 Å². The third kappa shape index (κ3) is 2.22. The number of hydrogen-bond donors (Lipinski definition) is 1. The standard InChI is InChI=1S/C10H7ClN2O4S/c11-7-1-3-8(4-2-7)18(16,17)13-10(15)6-5-9(14)12-13/h1-6H,(H,12,14). The van der Waals surface area contributed by atoms with Gasteiger partial charge in [0.15, 0.2) is 0 Å². The minimum Gasteiger partial charge on any atom is -0.268 e. The summed E-state index contributed by atoms with van der Waals surface area (Å²) in [6, 6.07) is 7.08. The molecule has 0 bridgehead atoms. The average molecular weight is 287 g/mol. The first-order chi connectivity index (χ1) is 8.41. The Morgan fingerprint density at radius 2 is 1.61 bits per heavy atom. The highest BCUT2D eigenvalue weighted by Gasteiger charge is 2.18. The fraction of sp³-hybridized carbons (Fsp3) is 0. The second kappa shape index (κ2) is 4.43. The second-order valence-corrected chi connectivity index (χ2v) is 5.59. The molecule has 0 saturated carbocycles. The average Bonchev–Trinajstić information content (AvgIpc) is 2.32. The van der Waals surface area contributed by atoms with Crippen molar-refractivity contribution in [2.24, 2.45) is 0 Å². The normalized spacial score (nSPS) is 11.4. The summed E-state index contributed by atoms with van der Waals surface area (Å²) in [6.07, 6.45) is 0. The second-order valence-electron chi connectivity index (χ2n) is 3.37. The molecule has 18 heavy (non-hydrogen) atoms. The van der Waals surface area contributed by atoms with Crippen LogP contribution >= 0.6 is 11.6 Å². The van der Waals surface area contributed by atoms with Gasteiger partial charge < -0.3 is 0 Å². The molecule has 0 saturated heterocycles. The van der Waals surface area contributed by atoms with Crippen LogP contribution in [0.25, 0.3) is 0 Å². The zero-order valence-corrected chi connectivity index (χ0v) is 10.4. The summed E-state index contributed by atoms with van der Waals surface area (Å²) >= 11 is 5.64. The molecule has 0 unspecified atom stereocenters. The highest BCUT2D eigenvalue weighted by Crippen LogP contribution is 2.14. The lowest BCUT2D eigenvalue weighted by Crippen LogP contribution is -2.33. The van der Waals surface area contributed by atoms with Crippen molar-refractivity contribution in [1.82, 2.24) is 9.19 Å². The van der Waals surface area contributed by atoms with E-state index in [2.05, 4.69) is 0 Å². The summed E-state index contributed by atoms with van der Waals surface area (Å²) in [7, 11) is -4.12. The van der Waals surface area contributed by atoms with Gasteiger partial charge in [0.25, 0.3) is 21.1 Å². The molecule has 1 N–H and O–H groups in total. The molecule has 0 aliphatic rings. The van der Waals surface area contributed by atoms with E-state index in [9.17, 15) is 18.0 Å². The zero-order chi connectivity index (χ0) is 13.3. The van der Waals surface area contributed by atoms with Crippen LogP contribution in [0, 0.1) is 0 Å². The topological polar surface area (TPSA) is 89.0 Å². The van der Waals surface area contributed by atoms with Crippen LogP contribution < -0.4 is 11.1 Å². The van der Waals surface area contributed by atoms with Gasteiger partial charge in [0.1, 0.15) is 0 Å². The fourth-order valence-electron chi connectivity index (χ4n) is 1.30. The third-order valence-electron chi connectivity index (χ3n) is 2.14. The van der Waals surface area contributed by atoms with Crippen LogP contribution in [-0.2, 0) is 10.0 Å². The maximum Gasteiger partial charge on any atom is 0.284 e. The molecule has 0 radical (unpaired) electrons. The molecular weight excluding hydrogens is 280 g/mol. The van der Waals surface area contributed by atoms with Crippen LogP contribution in [0.15, 0.2) is 50.9 Å². The molecule has 6 nitrogen and oxygen atoms in total. The lowest BCUT2D eigenvalue weighted by atomic mass is 10.4. The van der Waals surface area contributed by atoms with Gasteiger partial charge in [-0.2, -0.15) is 8.42 Å². The van der Waals surface area contributed by atoms with E-state index in [4.69, 9.17) is 11.6 Å². The van der Waals surface area contributed by atoms with Crippen molar-refractivity contribution < 1.29 is 8.42 Å². The lowest BCUT2D eigenvalue weighted by Gasteiger charge is -2.06. The number of H-pyrrole nitrogens is 1. The third-order valence-corrected chi connectivity index (χ3v) is 4.01. The van der Waals surface area contributed by atoms with Gasteiger partial charge >= 0.3 is 0 Å². The van der Waals surface area contributed by atoms with Crippen LogP contribution in [0.1, 0.15) is 0 Å². The van der Waals surface area contributed by atoms with Gasteiger partial charge in [0.05, 0.1) is 4.90 Å². The maximum atomic E-state index is 12.1. The van der Waals surface area contributed by atoms with E-state index in [0.717, 1.165) is 12.1 Å². The Labute approximate surface area is 106 Å². The molecule has 1 aromatic carbocycles. The number of benzene rings is 1. The SMILES string of the molecule is O=c1ccc(=O)n(S(=O)(=O)c2ccc(Cl)cc2)[nH]1. The maximum absolute atomic E-state index is 12.1. The van der Waals surface area contributed by atoms with Crippen molar-refractivity contribution >= 4 is 21.6 Å². The largest absolute Gasteiger partial charge is 0.284 e. The molecule has 8 heteroatoms. The van der Waals surface area contributed by atoms with Crippen LogP contribution in [0.3, 0.4) is 0 Å². The summed E-state index contributed by atoms with van der Waals surface area (Å²) in [5.41, 5.74) is -1.53. The molecule has 94 valence electrons. The van der Waals surface area contributed by atoms with Gasteiger partial charge in [0.2, 0.25) is 0 Å². The molecule has 0 aliphatic heterocycles. The van der Waals surface area contributed by atoms with Crippen LogP contribution in [-0.4, -0.2) is 17.6 Å². The zero-order valence-electron chi connectivity index (χ0n) is 8.83. The molecular formula is C10H7ClN2O4S. The predicted octanol–water partition coefficient (Wildman–Crippen LogP) is 0.427. The van der Waals surface area contributed by atoms with E-state index < -0.39 is 21.1 Å². The molecule has 0 aliphatic carbocycles. The van der Waals surface area contributed by atoms with Crippen molar-refractivity contribution in [3.8, 4) is 0 Å². The monoisotopic (exact) mass is 286 g/mol. The Balaban J connectivity index is 2.69. The van der Waals surface area contributed by atoms with Crippen LogP contribution in [0.5, 0.6) is 0 Å². The number of rotatable bonds is 2. The highest BCUT2D eigenvalue weighted by molar-refractivity contribution is 7.89. The van der Waals surface area contributed by atoms with Gasteiger partial charge in [-0.1, -0.05) is 11.6 Å². The fourth-order valence-corrected chi connectivity index (χ4v) is 2.62. The Bertz CT molecular complexity index is 790. The molecule has 0 spiro atoms. The summed E-state index contributed by atoms with van der Waals surface area (Å²) in [5, 5.41) is 2.32. The van der Waals surface area contributed by atoms with Gasteiger partial charge in [-0.3, -0.25) is 9.59 Å². The predicted molar refractivity (Wildman–Crippen MR) is 65.4 cm³/mol. The van der Waals surface area contributed by atoms with Crippen molar-refractivity contribution in [2.45, 2.75) is 4.90 Å². The number of nitrogens with one attached hydrogen (secondary N) is 1. The minimum atomic E-state index is -4.12. The first-order valence-electron chi connectivity index (χ1n) is 4.75. The van der Waals surface area contributed by atoms with Crippen molar-refractivity contribution in [2.75, 3.05) is 0 Å². The van der Waals surface area contributed by atoms with E-state index in [1.165, 1.54) is 24.3 Å². The van der Waals surface area contributed by atoms with Gasteiger partial charge in [-0.05, 0) is 24.3 Å². The van der Waals surface area contributed by atoms with Gasteiger partial charge in [0, 0.05) is 17.2 Å². The number of hydrogen-bond acceptors (Lipinski definition) is 4. The molecule has 1 aromatic heterocycles. The van der Waals surface area contributed by atoms with E-state index in [-0.39, 0.29) is 4.90 Å². The summed E-state index contributed by atoms with van der Waals surface area (Å²) in [5.74, 6) is 0. The minimum absolute atomic E-state index is 0.143. The van der Waals surface area contributed by atoms with E-state index in [1.54, 1.807) is 0 Å². The quantitative estimate of drug-likeness (QED) is 0.867. The Morgan fingerprint density at radius 3 is 2.22 bits per heavy atom. The van der Waals surface area contributed by atoms with Gasteiger partial charge in [-0.25, -0.2) is 5.10 Å². The van der Waals surface area contributed by atoms with Crippen molar-refractivity contribution in [3.05, 3.63) is 62.1 Å². The molecule has 0 atom stereocenters. The molecule has 2 aromatic rings. The highest BCUT2D eigenvalue weighted by atomic mass is 35.5. The number of aromatic nitrogens is 2. The van der Waals surface area contributed by atoms with E-state index >= 15 is 0 Å². The smallest absolute Gasteiger partial charge is 0.268 e. The van der Waals surface area contributed by atoms with Crippen molar-refractivity contribution in [1.29, 1.82) is 0 Å². The molecule has 0 amide bonds. The molecule has 1 heterocycles. The van der Waals surface area contributed by atoms with Crippen LogP contribution in [0.2, 0.25) is 5.02 Å².